The predicted octanol–water partition coefficient (Wildman–Crippen LogP) is 29.0. The molecule has 0 N–H and O–H groups in total. The third-order valence-electron chi connectivity index (χ3n) is 25.7. The van der Waals surface area contributed by atoms with Gasteiger partial charge in [-0.1, -0.05) is 406 Å². The second-order valence-corrected chi connectivity index (χ2v) is 34.4. The van der Waals surface area contributed by atoms with E-state index in [1.807, 2.05) is 90.3 Å². The number of rotatable bonds is 8. The average molecular weight is 1610 g/mol. The van der Waals surface area contributed by atoms with Gasteiger partial charge in [0, 0.05) is 90.8 Å². The summed E-state index contributed by atoms with van der Waals surface area (Å²) in [6.45, 7) is 0. The summed E-state index contributed by atoms with van der Waals surface area (Å²) < 4.78 is 0. The van der Waals surface area contributed by atoms with Crippen molar-refractivity contribution in [3.8, 4) is 113 Å². The zero-order chi connectivity index (χ0) is 81.6. The molecule has 0 radical (unpaired) electrons. The Morgan fingerprint density at radius 1 is 0.194 bits per heavy atom. The Balaban J connectivity index is 0.000000136. The summed E-state index contributed by atoms with van der Waals surface area (Å²) >= 11 is 3.77. The summed E-state index contributed by atoms with van der Waals surface area (Å²) in [5.74, 6) is 1.92. The highest BCUT2D eigenvalue weighted by Crippen LogP contribution is 2.66. The molecule has 9 heteroatoms. The average Bonchev–Trinajstić information content (AvgIpc) is 1.42. The summed E-state index contributed by atoms with van der Waals surface area (Å²) in [5.41, 5.74) is 31.7. The van der Waals surface area contributed by atoms with Crippen molar-refractivity contribution in [2.24, 2.45) is 0 Å². The third-order valence-corrected chi connectivity index (χ3v) is 28.1. The van der Waals surface area contributed by atoms with Crippen LogP contribution < -0.4 is 0 Å². The molecule has 0 fully saturated rings. The molecule has 4 aliphatic rings. The van der Waals surface area contributed by atoms with Crippen LogP contribution in [0.5, 0.6) is 0 Å². The van der Waals surface area contributed by atoms with Gasteiger partial charge in [0.05, 0.1) is 55.7 Å². The van der Waals surface area contributed by atoms with Crippen LogP contribution >= 0.6 is 23.5 Å². The highest BCUT2D eigenvalue weighted by Gasteiger charge is 2.52. The summed E-state index contributed by atoms with van der Waals surface area (Å²) in [6, 6.07) is 150. The summed E-state index contributed by atoms with van der Waals surface area (Å²) in [4.78, 5) is 41.6. The highest BCUT2D eigenvalue weighted by atomic mass is 32.2. The molecule has 2 aliphatic heterocycles. The van der Waals surface area contributed by atoms with Crippen LogP contribution in [0.2, 0.25) is 0 Å². The van der Waals surface area contributed by atoms with Crippen molar-refractivity contribution in [1.82, 2.24) is 34.9 Å². The predicted molar refractivity (Wildman–Crippen MR) is 509 cm³/mol. The molecule has 2 spiro atoms. The standard InChI is InChI=1S/C59H36N4S.C56H33N3S/c1-4-16-38(17-5-1)54-53-46(34-35-50-55(53)64-52-27-15-14-26-49(52)59(50)47-24-12-10-22-43(47)44-23-11-13-25-48(44)59)45-33-32-42(36-51(45)60-54)37-28-30-41(31-29-37)58-62-56(39-18-6-2-7-19-39)61-57(63-58)40-20-8-3-9-21-40;1-3-13-34(14-4-1)47-31-26-36-23-24-37-27-32-48(58-54(37)53(36)57-47)38-25-28-41-42-29-30-46-55(51(42)52(59-49(41)33-38)35-15-5-2-6-16-35)60-50-22-12-11-21-45(50)56(46)43-19-9-7-17-39(43)40-18-8-10-20-44(40)56/h1-36H;1-33H. The largest absolute Gasteiger partial charge is 0.247 e. The fraction of sp³-hybridized carbons (Fsp3) is 0.0174. The lowest BCUT2D eigenvalue weighted by atomic mass is 9.67. The molecule has 0 unspecified atom stereocenters. The first-order chi connectivity index (χ1) is 61.5. The Morgan fingerprint density at radius 3 is 0.919 bits per heavy atom. The van der Waals surface area contributed by atoms with Crippen molar-refractivity contribution in [2.45, 2.75) is 30.4 Å². The first-order valence-electron chi connectivity index (χ1n) is 42.1. The summed E-state index contributed by atoms with van der Waals surface area (Å²) in [5, 5.41) is 9.16. The minimum Gasteiger partial charge on any atom is -0.247 e. The van der Waals surface area contributed by atoms with E-state index in [-0.39, 0.29) is 0 Å². The molecule has 26 rings (SSSR count). The molecule has 22 aromatic rings. The highest BCUT2D eigenvalue weighted by molar-refractivity contribution is 8.00. The molecule has 0 saturated heterocycles. The van der Waals surface area contributed by atoms with Crippen molar-refractivity contribution >= 4 is 88.7 Å². The van der Waals surface area contributed by atoms with Crippen LogP contribution in [-0.2, 0) is 10.8 Å². The molecule has 0 bridgehead atoms. The van der Waals surface area contributed by atoms with E-state index < -0.39 is 10.8 Å². The van der Waals surface area contributed by atoms with Crippen molar-refractivity contribution < 1.29 is 0 Å². The monoisotopic (exact) mass is 1610 g/mol. The minimum atomic E-state index is -0.467. The van der Waals surface area contributed by atoms with Crippen LogP contribution in [-0.4, -0.2) is 34.9 Å². The smallest absolute Gasteiger partial charge is 0.164 e. The summed E-state index contributed by atoms with van der Waals surface area (Å²) in [7, 11) is 0. The molecule has 5 aromatic heterocycles. The molecule has 124 heavy (non-hydrogen) atoms. The fourth-order valence-electron chi connectivity index (χ4n) is 20.2. The number of fused-ring (bicyclic) bond motifs is 29. The van der Waals surface area contributed by atoms with E-state index in [4.69, 9.17) is 34.9 Å². The van der Waals surface area contributed by atoms with Gasteiger partial charge >= 0.3 is 0 Å². The van der Waals surface area contributed by atoms with Crippen LogP contribution in [0.4, 0.5) is 0 Å². The van der Waals surface area contributed by atoms with Crippen molar-refractivity contribution in [1.29, 1.82) is 0 Å². The molecule has 0 atom stereocenters. The lowest BCUT2D eigenvalue weighted by molar-refractivity contribution is 0.726. The Hall–Kier alpha value is -15.4. The Labute approximate surface area is 724 Å². The van der Waals surface area contributed by atoms with E-state index in [1.165, 1.54) is 108 Å². The third kappa shape index (κ3) is 11.1. The van der Waals surface area contributed by atoms with Crippen LogP contribution in [0, 0.1) is 0 Å². The van der Waals surface area contributed by atoms with Crippen LogP contribution in [0.15, 0.2) is 438 Å². The van der Waals surface area contributed by atoms with Crippen LogP contribution in [0.1, 0.15) is 44.5 Å². The topological polar surface area (TPSA) is 90.2 Å². The summed E-state index contributed by atoms with van der Waals surface area (Å²) in [6.07, 6.45) is 0. The maximum Gasteiger partial charge on any atom is 0.164 e. The maximum atomic E-state index is 5.63. The molecular formula is C115H69N7S2. The van der Waals surface area contributed by atoms with Gasteiger partial charge in [-0.25, -0.2) is 34.9 Å². The van der Waals surface area contributed by atoms with Gasteiger partial charge in [-0.2, -0.15) is 0 Å². The van der Waals surface area contributed by atoms with Gasteiger partial charge in [0.2, 0.25) is 0 Å². The van der Waals surface area contributed by atoms with Gasteiger partial charge in [0.15, 0.2) is 17.5 Å². The first-order valence-corrected chi connectivity index (χ1v) is 43.7. The normalized spacial score (nSPS) is 13.2. The van der Waals surface area contributed by atoms with E-state index in [0.717, 1.165) is 116 Å². The second kappa shape index (κ2) is 28.7. The van der Waals surface area contributed by atoms with E-state index in [9.17, 15) is 0 Å². The first kappa shape index (κ1) is 71.5. The molecule has 0 saturated carbocycles. The Kier molecular flexibility index (Phi) is 16.5. The Morgan fingerprint density at radius 2 is 0.500 bits per heavy atom. The number of hydrogen-bond acceptors (Lipinski definition) is 9. The van der Waals surface area contributed by atoms with Gasteiger partial charge in [-0.15, -0.1) is 0 Å². The number of nitrogens with zero attached hydrogens (tertiary/aromatic N) is 7. The lowest BCUT2D eigenvalue weighted by Gasteiger charge is -2.40. The maximum absolute atomic E-state index is 5.63. The number of aromatic nitrogens is 7. The molecule has 2 aliphatic carbocycles. The van der Waals surface area contributed by atoms with E-state index in [2.05, 4.69) is 352 Å². The quantitative estimate of drug-likeness (QED) is 0.138. The van der Waals surface area contributed by atoms with Crippen molar-refractivity contribution in [3.05, 3.63) is 463 Å². The van der Waals surface area contributed by atoms with Crippen LogP contribution in [0.25, 0.3) is 178 Å². The van der Waals surface area contributed by atoms with Gasteiger partial charge in [-0.05, 0) is 125 Å². The molecule has 0 amide bonds. The Bertz CT molecular complexity index is 8020. The van der Waals surface area contributed by atoms with Gasteiger partial charge in [0.1, 0.15) is 0 Å². The number of hydrogen-bond donors (Lipinski definition) is 0. The van der Waals surface area contributed by atoms with Gasteiger partial charge in [0.25, 0.3) is 0 Å². The van der Waals surface area contributed by atoms with Gasteiger partial charge < -0.3 is 0 Å². The van der Waals surface area contributed by atoms with Crippen molar-refractivity contribution in [3.63, 3.8) is 0 Å². The van der Waals surface area contributed by atoms with E-state index in [1.54, 1.807) is 0 Å². The number of pyridine rings is 4. The van der Waals surface area contributed by atoms with E-state index >= 15 is 0 Å². The zero-order valence-electron chi connectivity index (χ0n) is 66.8. The molecule has 17 aromatic carbocycles. The molecule has 576 valence electrons. The lowest BCUT2D eigenvalue weighted by Crippen LogP contribution is -2.32. The number of benzene rings is 17. The van der Waals surface area contributed by atoms with Gasteiger partial charge in [-0.3, -0.25) is 0 Å². The fourth-order valence-corrected chi connectivity index (χ4v) is 22.9. The van der Waals surface area contributed by atoms with Crippen molar-refractivity contribution in [2.75, 3.05) is 0 Å². The van der Waals surface area contributed by atoms with Crippen LogP contribution in [0.3, 0.4) is 0 Å². The minimum absolute atomic E-state index is 0.464. The molecule has 7 heterocycles. The SMILES string of the molecule is c1ccc(-c2ccc3ccc4ccc(-c5ccc6c(c5)nc(-c5ccccc5)c5c7c(ccc56)C5(c6ccccc6S7)c6ccccc6-c6ccccc65)nc4c3n2)cc1.c1ccc(-c2nc(-c3ccccc3)nc(-c3ccc(-c4ccc5c(c4)nc(-c4ccccc4)c4c6c(ccc45)C4(c5ccccc5S6)c5ccccc5-c5ccccc54)cc3)n2)cc1. The molecular weight excluding hydrogens is 1540 g/mol. The molecule has 7 nitrogen and oxygen atoms in total. The zero-order valence-corrected chi connectivity index (χ0v) is 68.4. The van der Waals surface area contributed by atoms with E-state index in [0.29, 0.717) is 17.5 Å². The second-order valence-electron chi connectivity index (χ2n) is 32.3.